The number of carboxylic acids is 1. The first-order valence-corrected chi connectivity index (χ1v) is 4.06. The quantitative estimate of drug-likeness (QED) is 0.810. The Kier molecular flexibility index (Phi) is 3.23. The zero-order chi connectivity index (χ0) is 10.9. The molecule has 0 bridgehead atoms. The Hall–Kier alpha value is -0.940. The van der Waals surface area contributed by atoms with Gasteiger partial charge < -0.3 is 5.11 Å². The lowest BCUT2D eigenvalue weighted by atomic mass is 10.2. The van der Waals surface area contributed by atoms with Crippen molar-refractivity contribution in [1.29, 1.82) is 0 Å². The van der Waals surface area contributed by atoms with Crippen molar-refractivity contribution in [2.75, 3.05) is 0 Å². The van der Waals surface area contributed by atoms with E-state index in [-0.39, 0.29) is 5.15 Å². The van der Waals surface area contributed by atoms with Gasteiger partial charge in [0.25, 0.3) is 6.43 Å². The van der Waals surface area contributed by atoms with Crippen molar-refractivity contribution < 1.29 is 18.7 Å². The van der Waals surface area contributed by atoms with Gasteiger partial charge in [-0.25, -0.2) is 18.6 Å². The van der Waals surface area contributed by atoms with E-state index in [2.05, 4.69) is 4.98 Å². The van der Waals surface area contributed by atoms with Gasteiger partial charge in [0.2, 0.25) is 0 Å². The molecule has 0 fully saturated rings. The highest BCUT2D eigenvalue weighted by Gasteiger charge is 2.21. The molecule has 0 saturated heterocycles. The second kappa shape index (κ2) is 4.06. The van der Waals surface area contributed by atoms with Crippen molar-refractivity contribution in [3.8, 4) is 0 Å². The minimum Gasteiger partial charge on any atom is -0.476 e. The molecule has 0 saturated carbocycles. The Balaban J connectivity index is 3.40. The van der Waals surface area contributed by atoms with Crippen LogP contribution in [0.25, 0.3) is 0 Å². The zero-order valence-electron chi connectivity index (χ0n) is 6.47. The molecule has 0 unspecified atom stereocenters. The lowest BCUT2D eigenvalue weighted by Crippen LogP contribution is -2.04. The molecular weight excluding hydrogens is 239 g/mol. The van der Waals surface area contributed by atoms with Crippen molar-refractivity contribution in [3.05, 3.63) is 27.5 Å². The van der Waals surface area contributed by atoms with Gasteiger partial charge in [0.05, 0.1) is 5.02 Å². The molecule has 1 heterocycles. The van der Waals surface area contributed by atoms with Gasteiger partial charge in [-0.2, -0.15) is 0 Å². The second-order valence-corrected chi connectivity index (χ2v) is 3.07. The normalized spacial score (nSPS) is 10.6. The van der Waals surface area contributed by atoms with E-state index in [4.69, 9.17) is 28.3 Å². The van der Waals surface area contributed by atoms with E-state index >= 15 is 0 Å². The Labute approximate surface area is 87.3 Å². The number of aromatic carboxylic acids is 1. The van der Waals surface area contributed by atoms with Crippen LogP contribution in [0.5, 0.6) is 0 Å². The fourth-order valence-electron chi connectivity index (χ4n) is 0.817. The lowest BCUT2D eigenvalue weighted by molar-refractivity contribution is 0.0690. The van der Waals surface area contributed by atoms with E-state index < -0.39 is 28.7 Å². The summed E-state index contributed by atoms with van der Waals surface area (Å²) < 4.78 is 24.6. The fraction of sp³-hybridized carbons (Fsp3) is 0.143. The molecule has 0 amide bonds. The number of hydrogen-bond acceptors (Lipinski definition) is 2. The van der Waals surface area contributed by atoms with Crippen molar-refractivity contribution in [1.82, 2.24) is 4.98 Å². The monoisotopic (exact) mass is 241 g/mol. The number of nitrogens with zero attached hydrogens (tertiary/aromatic N) is 1. The van der Waals surface area contributed by atoms with Crippen LogP contribution < -0.4 is 0 Å². The van der Waals surface area contributed by atoms with Gasteiger partial charge in [-0.15, -0.1) is 0 Å². The molecule has 76 valence electrons. The summed E-state index contributed by atoms with van der Waals surface area (Å²) in [6.07, 6.45) is -2.89. The molecule has 14 heavy (non-hydrogen) atoms. The average Bonchev–Trinajstić information content (AvgIpc) is 2.07. The molecule has 0 radical (unpaired) electrons. The summed E-state index contributed by atoms with van der Waals surface area (Å²) in [6.45, 7) is 0. The van der Waals surface area contributed by atoms with Gasteiger partial charge in [0, 0.05) is 5.56 Å². The van der Waals surface area contributed by atoms with E-state index in [1.165, 1.54) is 0 Å². The minimum atomic E-state index is -2.89. The smallest absolute Gasteiger partial charge is 0.356 e. The highest BCUT2D eigenvalue weighted by molar-refractivity contribution is 6.35. The molecule has 0 aliphatic heterocycles. The first-order valence-electron chi connectivity index (χ1n) is 3.31. The third-order valence-electron chi connectivity index (χ3n) is 1.39. The molecule has 0 aromatic carbocycles. The maximum absolute atomic E-state index is 12.3. The van der Waals surface area contributed by atoms with E-state index in [1.807, 2.05) is 0 Å². The second-order valence-electron chi connectivity index (χ2n) is 2.30. The molecule has 0 aliphatic rings. The fourth-order valence-corrected chi connectivity index (χ4v) is 1.28. The van der Waals surface area contributed by atoms with E-state index in [9.17, 15) is 13.6 Å². The first kappa shape index (κ1) is 11.1. The minimum absolute atomic E-state index is 0.331. The Morgan fingerprint density at radius 1 is 1.50 bits per heavy atom. The number of carboxylic acid groups (broad SMARTS) is 1. The Bertz CT molecular complexity index is 384. The van der Waals surface area contributed by atoms with Crippen molar-refractivity contribution in [3.63, 3.8) is 0 Å². The van der Waals surface area contributed by atoms with Crippen LogP contribution >= 0.6 is 23.2 Å². The summed E-state index contributed by atoms with van der Waals surface area (Å²) >= 11 is 10.7. The highest BCUT2D eigenvalue weighted by atomic mass is 35.5. The summed E-state index contributed by atoms with van der Waals surface area (Å²) in [5.74, 6) is -1.50. The largest absolute Gasteiger partial charge is 0.476 e. The summed E-state index contributed by atoms with van der Waals surface area (Å²) in [5, 5.41) is 7.63. The van der Waals surface area contributed by atoms with E-state index in [0.717, 1.165) is 6.07 Å². The Morgan fingerprint density at radius 3 is 2.50 bits per heavy atom. The number of aromatic nitrogens is 1. The third-order valence-corrected chi connectivity index (χ3v) is 1.98. The number of halogens is 4. The maximum Gasteiger partial charge on any atom is 0.356 e. The number of alkyl halides is 2. The van der Waals surface area contributed by atoms with Gasteiger partial charge in [-0.05, 0) is 6.07 Å². The topological polar surface area (TPSA) is 50.2 Å². The zero-order valence-corrected chi connectivity index (χ0v) is 7.98. The number of hydrogen-bond donors (Lipinski definition) is 1. The molecule has 0 atom stereocenters. The number of rotatable bonds is 2. The van der Waals surface area contributed by atoms with Gasteiger partial charge in [-0.3, -0.25) is 0 Å². The number of pyridine rings is 1. The lowest BCUT2D eigenvalue weighted by Gasteiger charge is -2.05. The van der Waals surface area contributed by atoms with Crippen molar-refractivity contribution in [2.24, 2.45) is 0 Å². The maximum atomic E-state index is 12.3. The van der Waals surface area contributed by atoms with Crippen LogP contribution in [-0.2, 0) is 0 Å². The molecule has 1 aromatic heterocycles. The first-order chi connectivity index (χ1) is 6.43. The molecular formula is C7H3Cl2F2NO2. The van der Waals surface area contributed by atoms with Crippen molar-refractivity contribution >= 4 is 29.2 Å². The molecule has 0 spiro atoms. The van der Waals surface area contributed by atoms with Crippen molar-refractivity contribution in [2.45, 2.75) is 6.43 Å². The molecule has 1 N–H and O–H groups in total. The summed E-state index contributed by atoms with van der Waals surface area (Å²) in [7, 11) is 0. The van der Waals surface area contributed by atoms with Crippen LogP contribution in [0.4, 0.5) is 8.78 Å². The van der Waals surface area contributed by atoms with Gasteiger partial charge in [0.1, 0.15) is 5.15 Å². The predicted molar refractivity (Wildman–Crippen MR) is 46.2 cm³/mol. The van der Waals surface area contributed by atoms with Crippen LogP contribution in [0.1, 0.15) is 22.5 Å². The highest BCUT2D eigenvalue weighted by Crippen LogP contribution is 2.30. The standard InChI is InChI=1S/C7H3Cl2F2NO2/c8-3-1-2(6(10)11)4(9)5(12-3)7(13)14/h1,6H,(H,13,14). The van der Waals surface area contributed by atoms with E-state index in [1.54, 1.807) is 0 Å². The summed E-state index contributed by atoms with van der Waals surface area (Å²) in [4.78, 5) is 13.8. The molecule has 7 heteroatoms. The van der Waals surface area contributed by atoms with Crippen LogP contribution in [0.3, 0.4) is 0 Å². The van der Waals surface area contributed by atoms with Crippen LogP contribution in [-0.4, -0.2) is 16.1 Å². The van der Waals surface area contributed by atoms with E-state index in [0.29, 0.717) is 0 Å². The number of carbonyl (C=O) groups is 1. The van der Waals surface area contributed by atoms with Gasteiger partial charge in [0.15, 0.2) is 5.69 Å². The molecule has 1 rings (SSSR count). The predicted octanol–water partition coefficient (Wildman–Crippen LogP) is 3.02. The molecule has 1 aromatic rings. The summed E-state index contributed by atoms with van der Waals surface area (Å²) in [6, 6.07) is 0.834. The van der Waals surface area contributed by atoms with Crippen LogP contribution in [0.15, 0.2) is 6.07 Å². The van der Waals surface area contributed by atoms with Crippen LogP contribution in [0.2, 0.25) is 10.2 Å². The third kappa shape index (κ3) is 2.10. The van der Waals surface area contributed by atoms with Crippen LogP contribution in [0, 0.1) is 0 Å². The van der Waals surface area contributed by atoms with Gasteiger partial charge >= 0.3 is 5.97 Å². The molecule has 0 aliphatic carbocycles. The summed E-state index contributed by atoms with van der Waals surface area (Å²) in [5.41, 5.74) is -1.31. The Morgan fingerprint density at radius 2 is 2.07 bits per heavy atom. The SMILES string of the molecule is O=C(O)c1nc(Cl)cc(C(F)F)c1Cl. The van der Waals surface area contributed by atoms with Gasteiger partial charge in [-0.1, -0.05) is 23.2 Å². The molecule has 3 nitrogen and oxygen atoms in total. The average molecular weight is 242 g/mol.